The first-order valence-corrected chi connectivity index (χ1v) is 4.66. The average Bonchev–Trinajstić information content (AvgIpc) is 2.07. The Morgan fingerprint density at radius 1 is 1.55 bits per heavy atom. The molecule has 0 unspecified atom stereocenters. The van der Waals surface area contributed by atoms with Crippen molar-refractivity contribution in [3.63, 3.8) is 0 Å². The summed E-state index contributed by atoms with van der Waals surface area (Å²) in [6.45, 7) is 0.833. The van der Waals surface area contributed by atoms with Gasteiger partial charge in [0.05, 0.1) is 4.22 Å². The number of pyridine rings is 1. The molecule has 0 aliphatic carbocycles. The van der Waals surface area contributed by atoms with Crippen molar-refractivity contribution in [3.05, 3.63) is 30.1 Å². The zero-order chi connectivity index (χ0) is 7.94. The van der Waals surface area contributed by atoms with E-state index in [4.69, 9.17) is 0 Å². The minimum absolute atomic E-state index is 0.833. The highest BCUT2D eigenvalue weighted by atomic mass is 127. The van der Waals surface area contributed by atoms with E-state index >= 15 is 0 Å². The highest BCUT2D eigenvalue weighted by Crippen LogP contribution is 1.94. The maximum Gasteiger partial charge on any atom is 0.0595 e. The van der Waals surface area contributed by atoms with Gasteiger partial charge in [-0.3, -0.25) is 9.98 Å². The second-order valence-corrected chi connectivity index (χ2v) is 2.63. The molecule has 0 saturated carbocycles. The lowest BCUT2D eigenvalue weighted by molar-refractivity contribution is 0.929. The molecule has 0 aromatic carbocycles. The molecule has 0 N–H and O–H groups in total. The third-order valence-corrected chi connectivity index (χ3v) is 1.69. The fourth-order valence-electron chi connectivity index (χ4n) is 0.774. The van der Waals surface area contributed by atoms with Crippen molar-refractivity contribution in [2.45, 2.75) is 6.42 Å². The van der Waals surface area contributed by atoms with E-state index in [-0.39, 0.29) is 0 Å². The van der Waals surface area contributed by atoms with Crippen LogP contribution in [0.1, 0.15) is 5.69 Å². The summed E-state index contributed by atoms with van der Waals surface area (Å²) in [6.07, 6.45) is 2.74. The van der Waals surface area contributed by atoms with Gasteiger partial charge in [0.15, 0.2) is 0 Å². The van der Waals surface area contributed by atoms with Crippen LogP contribution in [0.4, 0.5) is 0 Å². The van der Waals surface area contributed by atoms with E-state index in [1.807, 2.05) is 24.4 Å². The Morgan fingerprint density at radius 3 is 3.09 bits per heavy atom. The predicted molar refractivity (Wildman–Crippen MR) is 55.3 cm³/mol. The number of rotatable bonds is 3. The van der Waals surface area contributed by atoms with Crippen LogP contribution < -0.4 is 0 Å². The summed E-state index contributed by atoms with van der Waals surface area (Å²) in [6, 6.07) is 5.93. The van der Waals surface area contributed by atoms with Crippen LogP contribution in [0.2, 0.25) is 0 Å². The van der Waals surface area contributed by atoms with Gasteiger partial charge in [-0.2, -0.15) is 0 Å². The zero-order valence-electron chi connectivity index (χ0n) is 6.07. The summed E-state index contributed by atoms with van der Waals surface area (Å²) >= 11 is 2.12. The number of aromatic nitrogens is 1. The first kappa shape index (κ1) is 8.64. The van der Waals surface area contributed by atoms with Crippen LogP contribution in [0, 0.1) is 0 Å². The Kier molecular flexibility index (Phi) is 4.11. The number of halogens is 1. The van der Waals surface area contributed by atoms with Crippen LogP contribution >= 0.6 is 22.6 Å². The minimum Gasteiger partial charge on any atom is -0.286 e. The van der Waals surface area contributed by atoms with Crippen molar-refractivity contribution in [3.8, 4) is 0 Å². The van der Waals surface area contributed by atoms with Crippen molar-refractivity contribution in [2.75, 3.05) is 6.54 Å². The van der Waals surface area contributed by atoms with Crippen molar-refractivity contribution >= 4 is 26.8 Å². The summed E-state index contributed by atoms with van der Waals surface area (Å²) in [5.74, 6) is 0. The fourth-order valence-corrected chi connectivity index (χ4v) is 1.05. The average molecular weight is 260 g/mol. The molecule has 3 heteroatoms. The quantitative estimate of drug-likeness (QED) is 0.603. The Morgan fingerprint density at radius 2 is 2.45 bits per heavy atom. The molecule has 1 aromatic heterocycles. The van der Waals surface area contributed by atoms with Crippen LogP contribution in [0.15, 0.2) is 29.4 Å². The summed E-state index contributed by atoms with van der Waals surface area (Å²) in [4.78, 5) is 8.26. The van der Waals surface area contributed by atoms with E-state index in [1.54, 1.807) is 4.22 Å². The molecule has 1 rings (SSSR count). The molecular weight excluding hydrogens is 251 g/mol. The topological polar surface area (TPSA) is 25.2 Å². The van der Waals surface area contributed by atoms with Gasteiger partial charge in [-0.15, -0.1) is 0 Å². The van der Waals surface area contributed by atoms with Gasteiger partial charge in [-0.05, 0) is 34.7 Å². The molecule has 1 aromatic rings. The molecule has 0 bridgehead atoms. The normalized spacial score (nSPS) is 10.6. The fraction of sp³-hybridized carbons (Fsp3) is 0.250. The number of hydrogen-bond acceptors (Lipinski definition) is 2. The van der Waals surface area contributed by atoms with E-state index in [9.17, 15) is 0 Å². The molecule has 0 spiro atoms. The van der Waals surface area contributed by atoms with Gasteiger partial charge in [0.2, 0.25) is 0 Å². The highest BCUT2D eigenvalue weighted by molar-refractivity contribution is 14.1. The van der Waals surface area contributed by atoms with Crippen LogP contribution in [-0.4, -0.2) is 15.8 Å². The maximum atomic E-state index is 4.17. The largest absolute Gasteiger partial charge is 0.286 e. The first-order chi connectivity index (χ1) is 5.43. The minimum atomic E-state index is 0.833. The van der Waals surface area contributed by atoms with E-state index < -0.39 is 0 Å². The summed E-state index contributed by atoms with van der Waals surface area (Å²) in [7, 11) is 0. The van der Waals surface area contributed by atoms with Crippen LogP contribution in [0.25, 0.3) is 0 Å². The van der Waals surface area contributed by atoms with Crippen molar-refractivity contribution < 1.29 is 0 Å². The molecule has 0 saturated heterocycles. The molecule has 0 radical (unpaired) electrons. The standard InChI is InChI=1S/C8H9IN2/c9-7-10-6-4-8-3-1-2-5-11-8/h1-3,5,7H,4,6H2. The van der Waals surface area contributed by atoms with Crippen LogP contribution in [-0.2, 0) is 6.42 Å². The Balaban J connectivity index is 2.39. The molecular formula is C8H9IN2. The molecule has 0 atom stereocenters. The number of hydrogen-bond donors (Lipinski definition) is 0. The highest BCUT2D eigenvalue weighted by Gasteiger charge is 1.88. The first-order valence-electron chi connectivity index (χ1n) is 3.42. The molecule has 1 heterocycles. The van der Waals surface area contributed by atoms with Gasteiger partial charge < -0.3 is 0 Å². The lowest BCUT2D eigenvalue weighted by atomic mass is 10.3. The molecule has 58 valence electrons. The maximum absolute atomic E-state index is 4.17. The molecule has 0 aliphatic heterocycles. The Bertz CT molecular complexity index is 221. The van der Waals surface area contributed by atoms with Gasteiger partial charge in [0.25, 0.3) is 0 Å². The summed E-state index contributed by atoms with van der Waals surface area (Å²) < 4.78 is 1.79. The smallest absolute Gasteiger partial charge is 0.0595 e. The van der Waals surface area contributed by atoms with Crippen LogP contribution in [0.3, 0.4) is 0 Å². The Hall–Kier alpha value is -0.450. The second kappa shape index (κ2) is 5.23. The SMILES string of the molecule is IC=NCCc1ccccn1. The van der Waals surface area contributed by atoms with Crippen LogP contribution in [0.5, 0.6) is 0 Å². The van der Waals surface area contributed by atoms with Crippen molar-refractivity contribution in [2.24, 2.45) is 4.99 Å². The summed E-state index contributed by atoms with van der Waals surface area (Å²) in [5.41, 5.74) is 1.11. The van der Waals surface area contributed by atoms with Gasteiger partial charge in [0.1, 0.15) is 0 Å². The second-order valence-electron chi connectivity index (χ2n) is 2.07. The predicted octanol–water partition coefficient (Wildman–Crippen LogP) is 2.09. The number of nitrogens with zero attached hydrogens (tertiary/aromatic N) is 2. The molecule has 11 heavy (non-hydrogen) atoms. The van der Waals surface area contributed by atoms with E-state index in [0.29, 0.717) is 0 Å². The monoisotopic (exact) mass is 260 g/mol. The molecule has 0 aliphatic rings. The summed E-state index contributed by atoms with van der Waals surface area (Å²) in [5, 5.41) is 0. The van der Waals surface area contributed by atoms with Crippen molar-refractivity contribution in [1.29, 1.82) is 0 Å². The Labute approximate surface area is 79.9 Å². The van der Waals surface area contributed by atoms with E-state index in [1.165, 1.54) is 0 Å². The third kappa shape index (κ3) is 3.46. The molecule has 0 amide bonds. The third-order valence-electron chi connectivity index (χ3n) is 1.29. The van der Waals surface area contributed by atoms with Gasteiger partial charge in [-0.1, -0.05) is 6.07 Å². The van der Waals surface area contributed by atoms with E-state index in [0.717, 1.165) is 18.7 Å². The molecule has 2 nitrogen and oxygen atoms in total. The van der Waals surface area contributed by atoms with Gasteiger partial charge in [0, 0.05) is 24.9 Å². The van der Waals surface area contributed by atoms with Gasteiger partial charge in [-0.25, -0.2) is 0 Å². The zero-order valence-corrected chi connectivity index (χ0v) is 8.23. The lowest BCUT2D eigenvalue weighted by Crippen LogP contribution is -1.91. The van der Waals surface area contributed by atoms with Gasteiger partial charge >= 0.3 is 0 Å². The van der Waals surface area contributed by atoms with E-state index in [2.05, 4.69) is 32.6 Å². The molecule has 0 fully saturated rings. The van der Waals surface area contributed by atoms with Crippen molar-refractivity contribution in [1.82, 2.24) is 4.98 Å². The lowest BCUT2D eigenvalue weighted by Gasteiger charge is -1.93. The number of aliphatic imine (C=N–C) groups is 1.